The van der Waals surface area contributed by atoms with E-state index in [1.54, 1.807) is 6.92 Å². The Bertz CT molecular complexity index is 717. The molecule has 0 saturated heterocycles. The van der Waals surface area contributed by atoms with Gasteiger partial charge in [-0.05, 0) is 19.1 Å². The van der Waals surface area contributed by atoms with Gasteiger partial charge in [0.15, 0.2) is 10.8 Å². The van der Waals surface area contributed by atoms with Gasteiger partial charge in [0.2, 0.25) is 0 Å². The zero-order valence-corrected chi connectivity index (χ0v) is 11.4. The highest BCUT2D eigenvalue weighted by Crippen LogP contribution is 2.27. The number of esters is 1. The Labute approximate surface area is 118 Å². The molecule has 0 aliphatic heterocycles. The van der Waals surface area contributed by atoms with Crippen molar-refractivity contribution in [2.45, 2.75) is 6.92 Å². The fourth-order valence-electron chi connectivity index (χ4n) is 1.65. The predicted octanol–water partition coefficient (Wildman–Crippen LogP) is 3.20. The molecular weight excluding hydrogens is 278 g/mol. The van der Waals surface area contributed by atoms with Gasteiger partial charge in [-0.15, -0.1) is 0 Å². The average Bonchev–Trinajstić information content (AvgIpc) is 3.05. The van der Waals surface area contributed by atoms with Crippen LogP contribution in [0.15, 0.2) is 34.9 Å². The van der Waals surface area contributed by atoms with Crippen molar-refractivity contribution >= 4 is 38.7 Å². The molecule has 0 aliphatic carbocycles. The van der Waals surface area contributed by atoms with Crippen molar-refractivity contribution < 1.29 is 13.9 Å². The number of nitrogens with zero attached hydrogens (tertiary/aromatic N) is 2. The molecule has 102 valence electrons. The second-order valence-electron chi connectivity index (χ2n) is 3.87. The molecule has 0 aliphatic rings. The number of anilines is 2. The van der Waals surface area contributed by atoms with Gasteiger partial charge in [-0.1, -0.05) is 23.5 Å². The number of carbonyl (C=O) groups is 1. The summed E-state index contributed by atoms with van der Waals surface area (Å²) in [7, 11) is 0. The van der Waals surface area contributed by atoms with Crippen LogP contribution in [0.5, 0.6) is 0 Å². The number of fused-ring (bicyclic) bond motifs is 1. The minimum absolute atomic E-state index is 0.135. The third-order valence-electron chi connectivity index (χ3n) is 2.50. The number of nitrogens with one attached hydrogen (secondary N) is 1. The van der Waals surface area contributed by atoms with Crippen molar-refractivity contribution in [1.82, 2.24) is 9.97 Å². The van der Waals surface area contributed by atoms with Crippen LogP contribution >= 0.6 is 11.3 Å². The number of thiazole rings is 1. The van der Waals surface area contributed by atoms with Gasteiger partial charge in [0.25, 0.3) is 0 Å². The molecule has 3 rings (SSSR count). The number of hydrogen-bond acceptors (Lipinski definition) is 7. The molecule has 20 heavy (non-hydrogen) atoms. The van der Waals surface area contributed by atoms with Gasteiger partial charge in [0, 0.05) is 0 Å². The van der Waals surface area contributed by atoms with Crippen molar-refractivity contribution in [2.75, 3.05) is 11.9 Å². The number of carbonyl (C=O) groups excluding carboxylic acids is 1. The summed E-state index contributed by atoms with van der Waals surface area (Å²) in [5.74, 6) is -0.506. The average molecular weight is 289 g/mol. The van der Waals surface area contributed by atoms with Gasteiger partial charge in [-0.3, -0.25) is 5.32 Å². The number of aromatic nitrogens is 2. The van der Waals surface area contributed by atoms with E-state index < -0.39 is 5.97 Å². The summed E-state index contributed by atoms with van der Waals surface area (Å²) in [6.07, 6.45) is 1.26. The number of oxazole rings is 1. The summed E-state index contributed by atoms with van der Waals surface area (Å²) in [6.45, 7) is 2.03. The Kier molecular flexibility index (Phi) is 3.34. The molecule has 0 radical (unpaired) electrons. The zero-order valence-electron chi connectivity index (χ0n) is 10.6. The van der Waals surface area contributed by atoms with Gasteiger partial charge in [0.1, 0.15) is 6.26 Å². The van der Waals surface area contributed by atoms with Crippen molar-refractivity contribution in [3.8, 4) is 0 Å². The molecular formula is C13H11N3O3S. The third-order valence-corrected chi connectivity index (χ3v) is 3.45. The largest absolute Gasteiger partial charge is 0.461 e. The SMILES string of the molecule is CCOC(=O)c1coc(Nc2nc3ccccc3s2)n1. The van der Waals surface area contributed by atoms with Gasteiger partial charge >= 0.3 is 12.0 Å². The lowest BCUT2D eigenvalue weighted by Gasteiger charge is -1.95. The van der Waals surface area contributed by atoms with Gasteiger partial charge in [-0.25, -0.2) is 9.78 Å². The van der Waals surface area contributed by atoms with E-state index in [2.05, 4.69) is 15.3 Å². The van der Waals surface area contributed by atoms with Gasteiger partial charge < -0.3 is 9.15 Å². The maximum Gasteiger partial charge on any atom is 0.360 e. The number of hydrogen-bond donors (Lipinski definition) is 1. The molecule has 0 bridgehead atoms. The highest BCUT2D eigenvalue weighted by atomic mass is 32.1. The summed E-state index contributed by atoms with van der Waals surface area (Å²) in [4.78, 5) is 19.9. The smallest absolute Gasteiger partial charge is 0.360 e. The van der Waals surface area contributed by atoms with Crippen LogP contribution in [0, 0.1) is 0 Å². The Balaban J connectivity index is 1.79. The van der Waals surface area contributed by atoms with Gasteiger partial charge in [-0.2, -0.15) is 4.98 Å². The first kappa shape index (κ1) is 12.6. The normalized spacial score (nSPS) is 10.7. The summed E-state index contributed by atoms with van der Waals surface area (Å²) >= 11 is 1.48. The first-order valence-corrected chi connectivity index (χ1v) is 6.83. The Morgan fingerprint density at radius 1 is 1.40 bits per heavy atom. The van der Waals surface area contributed by atoms with E-state index in [0.29, 0.717) is 11.7 Å². The highest BCUT2D eigenvalue weighted by molar-refractivity contribution is 7.22. The first-order valence-electron chi connectivity index (χ1n) is 6.01. The van der Waals surface area contributed by atoms with Crippen LogP contribution in [0.25, 0.3) is 10.2 Å². The van der Waals surface area contributed by atoms with E-state index in [4.69, 9.17) is 9.15 Å². The van der Waals surface area contributed by atoms with E-state index in [0.717, 1.165) is 10.2 Å². The second kappa shape index (κ2) is 5.30. The molecule has 0 unspecified atom stereocenters. The topological polar surface area (TPSA) is 77.2 Å². The number of para-hydroxylation sites is 1. The monoisotopic (exact) mass is 289 g/mol. The van der Waals surface area contributed by atoms with Crippen LogP contribution in [0.2, 0.25) is 0 Å². The van der Waals surface area contributed by atoms with Crippen molar-refractivity contribution in [3.63, 3.8) is 0 Å². The molecule has 1 aromatic carbocycles. The second-order valence-corrected chi connectivity index (χ2v) is 4.90. The molecule has 1 N–H and O–H groups in total. The van der Waals surface area contributed by atoms with Crippen LogP contribution in [0.1, 0.15) is 17.4 Å². The van der Waals surface area contributed by atoms with Crippen molar-refractivity contribution in [2.24, 2.45) is 0 Å². The molecule has 7 heteroatoms. The Hall–Kier alpha value is -2.41. The first-order chi connectivity index (χ1) is 9.76. The van der Waals surface area contributed by atoms with Crippen molar-refractivity contribution in [3.05, 3.63) is 36.2 Å². The molecule has 0 atom stereocenters. The molecule has 0 fully saturated rings. The van der Waals surface area contributed by atoms with Crippen LogP contribution in [0.3, 0.4) is 0 Å². The maximum atomic E-state index is 11.5. The van der Waals surface area contributed by atoms with E-state index in [1.807, 2.05) is 24.3 Å². The molecule has 0 amide bonds. The maximum absolute atomic E-state index is 11.5. The summed E-state index contributed by atoms with van der Waals surface area (Å²) in [6, 6.07) is 8.01. The Morgan fingerprint density at radius 2 is 2.25 bits per heavy atom. The number of ether oxygens (including phenoxy) is 1. The highest BCUT2D eigenvalue weighted by Gasteiger charge is 2.14. The molecule has 0 saturated carbocycles. The molecule has 2 aromatic heterocycles. The summed E-state index contributed by atoms with van der Waals surface area (Å²) in [5.41, 5.74) is 1.03. The minimum atomic E-state index is -0.506. The summed E-state index contributed by atoms with van der Waals surface area (Å²) in [5, 5.41) is 3.59. The Morgan fingerprint density at radius 3 is 3.05 bits per heavy atom. The molecule has 0 spiro atoms. The van der Waals surface area contributed by atoms with Crippen LogP contribution in [-0.2, 0) is 4.74 Å². The molecule has 6 nitrogen and oxygen atoms in total. The van der Waals surface area contributed by atoms with Crippen LogP contribution in [0.4, 0.5) is 11.1 Å². The zero-order chi connectivity index (χ0) is 13.9. The third kappa shape index (κ3) is 2.48. The standard InChI is InChI=1S/C13H11N3O3S/c1-2-18-11(17)9-7-19-12(14-9)16-13-15-8-5-3-4-6-10(8)20-13/h3-7H,2H2,1H3,(H,14,15,16). The number of benzene rings is 1. The minimum Gasteiger partial charge on any atom is -0.461 e. The lowest BCUT2D eigenvalue weighted by Crippen LogP contribution is -2.04. The van der Waals surface area contributed by atoms with E-state index >= 15 is 0 Å². The van der Waals surface area contributed by atoms with Crippen LogP contribution in [-0.4, -0.2) is 22.5 Å². The fraction of sp³-hybridized carbons (Fsp3) is 0.154. The number of rotatable bonds is 4. The van der Waals surface area contributed by atoms with Gasteiger partial charge in [0.05, 0.1) is 16.8 Å². The summed E-state index contributed by atoms with van der Waals surface area (Å²) < 4.78 is 11.1. The molecule has 2 heterocycles. The quantitative estimate of drug-likeness (QED) is 0.743. The van der Waals surface area contributed by atoms with Crippen LogP contribution < -0.4 is 5.32 Å². The van der Waals surface area contributed by atoms with Crippen molar-refractivity contribution in [1.29, 1.82) is 0 Å². The lowest BCUT2D eigenvalue weighted by molar-refractivity contribution is 0.0519. The molecule has 3 aromatic rings. The predicted molar refractivity (Wildman–Crippen MR) is 75.4 cm³/mol. The van der Waals surface area contributed by atoms with E-state index in [9.17, 15) is 4.79 Å². The van der Waals surface area contributed by atoms with E-state index in [1.165, 1.54) is 17.6 Å². The van der Waals surface area contributed by atoms with E-state index in [-0.39, 0.29) is 11.7 Å². The lowest BCUT2D eigenvalue weighted by atomic mass is 10.3. The fourth-order valence-corrected chi connectivity index (χ4v) is 2.50.